The summed E-state index contributed by atoms with van der Waals surface area (Å²) in [6.45, 7) is 5.38. The van der Waals surface area contributed by atoms with Crippen LogP contribution in [0.3, 0.4) is 0 Å². The van der Waals surface area contributed by atoms with Gasteiger partial charge >= 0.3 is 5.97 Å². The fraction of sp³-hybridized carbons (Fsp3) is 0.975. The van der Waals surface area contributed by atoms with Crippen molar-refractivity contribution in [1.29, 1.82) is 0 Å². The Morgan fingerprint density at radius 1 is 0.455 bits per heavy atom. The first kappa shape index (κ1) is 43.4. The first-order valence-electron chi connectivity index (χ1n) is 20.1. The topological polar surface area (TPSA) is 55.8 Å². The lowest BCUT2D eigenvalue weighted by Gasteiger charge is -2.16. The Kier molecular flexibility index (Phi) is 38.0. The Balaban J connectivity index is 3.33. The van der Waals surface area contributed by atoms with Gasteiger partial charge in [0.1, 0.15) is 6.10 Å². The zero-order chi connectivity index (χ0) is 32.0. The average molecular weight is 625 g/mol. The van der Waals surface area contributed by atoms with Gasteiger partial charge in [-0.3, -0.25) is 4.79 Å². The molecule has 0 spiro atoms. The average Bonchev–Trinajstić information content (AvgIpc) is 3.03. The smallest absolute Gasteiger partial charge is 0.306 e. The lowest BCUT2D eigenvalue weighted by Crippen LogP contribution is -2.27. The highest BCUT2D eigenvalue weighted by Gasteiger charge is 2.13. The van der Waals surface area contributed by atoms with Crippen LogP contribution in [0.2, 0.25) is 0 Å². The lowest BCUT2D eigenvalue weighted by molar-refractivity contribution is -0.154. The van der Waals surface area contributed by atoms with E-state index < -0.39 is 6.10 Å². The van der Waals surface area contributed by atoms with Gasteiger partial charge in [-0.2, -0.15) is 0 Å². The predicted octanol–water partition coefficient (Wildman–Crippen LogP) is 12.8. The molecule has 0 rings (SSSR count). The molecule has 44 heavy (non-hydrogen) atoms. The van der Waals surface area contributed by atoms with Crippen molar-refractivity contribution in [2.45, 2.75) is 232 Å². The normalized spacial score (nSPS) is 12.2. The molecule has 0 heterocycles. The monoisotopic (exact) mass is 625 g/mol. The van der Waals surface area contributed by atoms with E-state index in [0.29, 0.717) is 19.6 Å². The van der Waals surface area contributed by atoms with Gasteiger partial charge in [-0.15, -0.1) is 0 Å². The maximum atomic E-state index is 12.2. The van der Waals surface area contributed by atoms with E-state index in [1.54, 1.807) is 0 Å². The van der Waals surface area contributed by atoms with Crippen LogP contribution in [0, 0.1) is 0 Å². The highest BCUT2D eigenvalue weighted by Crippen LogP contribution is 2.16. The van der Waals surface area contributed by atoms with E-state index >= 15 is 0 Å². The van der Waals surface area contributed by atoms with Crippen molar-refractivity contribution in [3.05, 3.63) is 0 Å². The van der Waals surface area contributed by atoms with E-state index in [4.69, 9.17) is 9.47 Å². The van der Waals surface area contributed by atoms with Gasteiger partial charge in [-0.05, 0) is 12.8 Å². The Morgan fingerprint density at radius 2 is 0.750 bits per heavy atom. The molecule has 1 atom stereocenters. The van der Waals surface area contributed by atoms with Crippen molar-refractivity contribution in [2.24, 2.45) is 0 Å². The molecule has 0 aliphatic carbocycles. The maximum Gasteiger partial charge on any atom is 0.306 e. The minimum absolute atomic E-state index is 0.164. The van der Waals surface area contributed by atoms with Gasteiger partial charge in [-0.25, -0.2) is 0 Å². The van der Waals surface area contributed by atoms with Crippen LogP contribution in [0.15, 0.2) is 0 Å². The molecule has 0 aromatic rings. The van der Waals surface area contributed by atoms with Gasteiger partial charge in [0, 0.05) is 13.0 Å². The molecule has 1 unspecified atom stereocenters. The summed E-state index contributed by atoms with van der Waals surface area (Å²) in [6, 6.07) is 0. The number of carbonyl (C=O) groups is 1. The molecule has 0 amide bonds. The van der Waals surface area contributed by atoms with Crippen molar-refractivity contribution in [3.8, 4) is 0 Å². The van der Waals surface area contributed by atoms with E-state index in [0.717, 1.165) is 19.3 Å². The second-order valence-corrected chi connectivity index (χ2v) is 13.7. The predicted molar refractivity (Wildman–Crippen MR) is 191 cm³/mol. The van der Waals surface area contributed by atoms with Crippen LogP contribution in [-0.2, 0) is 14.3 Å². The summed E-state index contributed by atoms with van der Waals surface area (Å²) in [6.07, 6.45) is 43.0. The third kappa shape index (κ3) is 35.9. The summed E-state index contributed by atoms with van der Waals surface area (Å²) in [5.74, 6) is -0.195. The molecule has 0 saturated heterocycles. The molecule has 0 aromatic carbocycles. The molecule has 0 aromatic heterocycles. The number of rotatable bonds is 38. The minimum Gasteiger partial charge on any atom is -0.457 e. The molecule has 0 saturated carbocycles. The van der Waals surface area contributed by atoms with E-state index in [-0.39, 0.29) is 12.6 Å². The fourth-order valence-electron chi connectivity index (χ4n) is 6.15. The largest absolute Gasteiger partial charge is 0.457 e. The van der Waals surface area contributed by atoms with Crippen molar-refractivity contribution in [3.63, 3.8) is 0 Å². The number of hydrogen-bond acceptors (Lipinski definition) is 4. The maximum absolute atomic E-state index is 12.2. The Labute approximate surface area is 276 Å². The number of aliphatic hydroxyl groups is 1. The Hall–Kier alpha value is -0.610. The van der Waals surface area contributed by atoms with E-state index in [2.05, 4.69) is 13.8 Å². The quantitative estimate of drug-likeness (QED) is 0.0548. The molecule has 4 nitrogen and oxygen atoms in total. The zero-order valence-corrected chi connectivity index (χ0v) is 30.2. The second kappa shape index (κ2) is 38.6. The van der Waals surface area contributed by atoms with E-state index in [9.17, 15) is 9.90 Å². The summed E-state index contributed by atoms with van der Waals surface area (Å²) in [5, 5.41) is 9.55. The van der Waals surface area contributed by atoms with Gasteiger partial charge in [0.05, 0.1) is 13.2 Å². The van der Waals surface area contributed by atoms with Crippen LogP contribution < -0.4 is 0 Å². The van der Waals surface area contributed by atoms with Crippen LogP contribution >= 0.6 is 0 Å². The standard InChI is InChI=1S/C40H80O4/c1-3-5-7-9-11-13-15-16-17-18-19-20-21-22-23-24-25-26-27-29-31-33-35-40(42)44-39(37-41)38-43-36-34-32-30-28-14-12-10-8-6-4-2/h39,41H,3-38H2,1-2H3. The number of carbonyl (C=O) groups excluding carboxylic acids is 1. The molecule has 264 valence electrons. The van der Waals surface area contributed by atoms with E-state index in [1.165, 1.54) is 186 Å². The SMILES string of the molecule is CCCCCCCCCCCCCCCCCCCCCCCCC(=O)OC(CO)COCCCCCCCCCCCC. The fourth-order valence-corrected chi connectivity index (χ4v) is 6.15. The molecule has 0 bridgehead atoms. The molecular formula is C40H80O4. The van der Waals surface area contributed by atoms with Crippen molar-refractivity contribution >= 4 is 5.97 Å². The summed E-state index contributed by atoms with van der Waals surface area (Å²) in [7, 11) is 0. The highest BCUT2D eigenvalue weighted by atomic mass is 16.6. The van der Waals surface area contributed by atoms with Gasteiger partial charge in [0.25, 0.3) is 0 Å². The summed E-state index contributed by atoms with van der Waals surface area (Å²) in [5.41, 5.74) is 0. The van der Waals surface area contributed by atoms with E-state index in [1.807, 2.05) is 0 Å². The molecule has 1 N–H and O–H groups in total. The minimum atomic E-state index is -0.523. The zero-order valence-electron chi connectivity index (χ0n) is 30.2. The van der Waals surface area contributed by atoms with Crippen LogP contribution in [0.25, 0.3) is 0 Å². The summed E-state index contributed by atoms with van der Waals surface area (Å²) < 4.78 is 11.1. The van der Waals surface area contributed by atoms with Gasteiger partial charge < -0.3 is 14.6 Å². The van der Waals surface area contributed by atoms with Crippen LogP contribution in [-0.4, -0.2) is 37.0 Å². The first-order chi connectivity index (χ1) is 21.7. The molecule has 0 radical (unpaired) electrons. The molecular weight excluding hydrogens is 544 g/mol. The highest BCUT2D eigenvalue weighted by molar-refractivity contribution is 5.69. The number of hydrogen-bond donors (Lipinski definition) is 1. The third-order valence-corrected chi connectivity index (χ3v) is 9.18. The van der Waals surface area contributed by atoms with Gasteiger partial charge in [0.2, 0.25) is 0 Å². The van der Waals surface area contributed by atoms with Crippen LogP contribution in [0.1, 0.15) is 226 Å². The van der Waals surface area contributed by atoms with Crippen molar-refractivity contribution in [2.75, 3.05) is 19.8 Å². The molecule has 4 heteroatoms. The number of ether oxygens (including phenoxy) is 2. The third-order valence-electron chi connectivity index (χ3n) is 9.18. The van der Waals surface area contributed by atoms with Crippen molar-refractivity contribution < 1.29 is 19.4 Å². The van der Waals surface area contributed by atoms with Crippen LogP contribution in [0.5, 0.6) is 0 Å². The number of unbranched alkanes of at least 4 members (excludes halogenated alkanes) is 30. The van der Waals surface area contributed by atoms with Gasteiger partial charge in [-0.1, -0.05) is 206 Å². The molecule has 0 aliphatic rings. The number of esters is 1. The lowest BCUT2D eigenvalue weighted by atomic mass is 10.0. The van der Waals surface area contributed by atoms with Crippen LogP contribution in [0.4, 0.5) is 0 Å². The molecule has 0 aliphatic heterocycles. The first-order valence-corrected chi connectivity index (χ1v) is 20.1. The second-order valence-electron chi connectivity index (χ2n) is 13.7. The Bertz CT molecular complexity index is 537. The summed E-state index contributed by atoms with van der Waals surface area (Å²) >= 11 is 0. The summed E-state index contributed by atoms with van der Waals surface area (Å²) in [4.78, 5) is 12.2. The number of aliphatic hydroxyl groups excluding tert-OH is 1. The molecule has 0 fully saturated rings. The van der Waals surface area contributed by atoms with Gasteiger partial charge in [0.15, 0.2) is 0 Å². The Morgan fingerprint density at radius 3 is 1.07 bits per heavy atom. The van der Waals surface area contributed by atoms with Crippen molar-refractivity contribution in [1.82, 2.24) is 0 Å².